The largest absolute Gasteiger partial charge is 0.394 e. The summed E-state index contributed by atoms with van der Waals surface area (Å²) in [4.78, 5) is 17.0. The lowest BCUT2D eigenvalue weighted by molar-refractivity contribution is 0.120. The van der Waals surface area contributed by atoms with Crippen LogP contribution in [-0.4, -0.2) is 59.8 Å². The van der Waals surface area contributed by atoms with E-state index in [0.29, 0.717) is 6.54 Å². The van der Waals surface area contributed by atoms with Crippen molar-refractivity contribution in [3.8, 4) is 0 Å². The van der Waals surface area contributed by atoms with E-state index in [4.69, 9.17) is 0 Å². The molecule has 1 fully saturated rings. The number of nitrogens with one attached hydrogen (secondary N) is 1. The summed E-state index contributed by atoms with van der Waals surface area (Å²) in [6, 6.07) is 8.12. The Morgan fingerprint density at radius 2 is 2.00 bits per heavy atom. The first-order valence-electron chi connectivity index (χ1n) is 9.21. The predicted molar refractivity (Wildman–Crippen MR) is 95.0 cm³/mol. The quantitative estimate of drug-likeness (QED) is 0.889. The maximum Gasteiger partial charge on any atom is 0.318 e. The van der Waals surface area contributed by atoms with Crippen molar-refractivity contribution in [1.29, 1.82) is 0 Å². The van der Waals surface area contributed by atoms with Crippen LogP contribution in [0.5, 0.6) is 0 Å². The van der Waals surface area contributed by atoms with E-state index in [-0.39, 0.29) is 24.7 Å². The fourth-order valence-electron chi connectivity index (χ4n) is 3.97. The number of piperidine rings is 1. The number of hydrogen-bond acceptors (Lipinski definition) is 3. The Hall–Kier alpha value is -1.59. The SMILES string of the molecule is CCCN1CCC(NC(=O)N2CCc3ccccc3C2CO)CC1. The van der Waals surface area contributed by atoms with Gasteiger partial charge in [-0.1, -0.05) is 31.2 Å². The molecule has 2 aliphatic heterocycles. The number of likely N-dealkylation sites (tertiary alicyclic amines) is 1. The summed E-state index contributed by atoms with van der Waals surface area (Å²) in [6.45, 7) is 6.12. The highest BCUT2D eigenvalue weighted by molar-refractivity contribution is 5.75. The van der Waals surface area contributed by atoms with E-state index >= 15 is 0 Å². The Labute approximate surface area is 144 Å². The molecule has 2 heterocycles. The zero-order chi connectivity index (χ0) is 16.9. The van der Waals surface area contributed by atoms with Crippen molar-refractivity contribution in [2.24, 2.45) is 0 Å². The minimum atomic E-state index is -0.227. The molecule has 2 N–H and O–H groups in total. The molecule has 1 aromatic rings. The van der Waals surface area contributed by atoms with E-state index in [9.17, 15) is 9.90 Å². The number of amides is 2. The Morgan fingerprint density at radius 3 is 2.71 bits per heavy atom. The summed E-state index contributed by atoms with van der Waals surface area (Å²) >= 11 is 0. The van der Waals surface area contributed by atoms with E-state index in [2.05, 4.69) is 23.2 Å². The van der Waals surface area contributed by atoms with Crippen molar-refractivity contribution in [1.82, 2.24) is 15.1 Å². The van der Waals surface area contributed by atoms with Crippen LogP contribution in [0.25, 0.3) is 0 Å². The molecule has 1 unspecified atom stereocenters. The van der Waals surface area contributed by atoms with Crippen molar-refractivity contribution in [2.45, 2.75) is 44.7 Å². The Bertz CT molecular complexity index is 555. The molecule has 0 radical (unpaired) electrons. The number of hydrogen-bond donors (Lipinski definition) is 2. The van der Waals surface area contributed by atoms with Crippen molar-refractivity contribution in [3.63, 3.8) is 0 Å². The fourth-order valence-corrected chi connectivity index (χ4v) is 3.97. The lowest BCUT2D eigenvalue weighted by Crippen LogP contribution is -2.52. The zero-order valence-corrected chi connectivity index (χ0v) is 14.6. The minimum Gasteiger partial charge on any atom is -0.394 e. The topological polar surface area (TPSA) is 55.8 Å². The van der Waals surface area contributed by atoms with Gasteiger partial charge in [0.25, 0.3) is 0 Å². The molecule has 5 heteroatoms. The van der Waals surface area contributed by atoms with Gasteiger partial charge in [0.1, 0.15) is 0 Å². The number of carbonyl (C=O) groups is 1. The van der Waals surface area contributed by atoms with Crippen LogP contribution >= 0.6 is 0 Å². The minimum absolute atomic E-state index is 0.0284. The third-order valence-corrected chi connectivity index (χ3v) is 5.30. The summed E-state index contributed by atoms with van der Waals surface area (Å²) in [5.41, 5.74) is 2.33. The Balaban J connectivity index is 1.59. The third-order valence-electron chi connectivity index (χ3n) is 5.30. The van der Waals surface area contributed by atoms with Crippen LogP contribution in [0.4, 0.5) is 4.79 Å². The van der Waals surface area contributed by atoms with Gasteiger partial charge in [0, 0.05) is 25.7 Å². The number of urea groups is 1. The molecular weight excluding hydrogens is 302 g/mol. The van der Waals surface area contributed by atoms with Gasteiger partial charge in [-0.05, 0) is 43.4 Å². The summed E-state index contributed by atoms with van der Waals surface area (Å²) in [5, 5.41) is 13.0. The molecule has 1 aromatic carbocycles. The smallest absolute Gasteiger partial charge is 0.318 e. The Kier molecular flexibility index (Phi) is 5.74. The summed E-state index contributed by atoms with van der Waals surface area (Å²) in [6.07, 6.45) is 4.07. The van der Waals surface area contributed by atoms with Crippen LogP contribution in [0.3, 0.4) is 0 Å². The number of aliphatic hydroxyl groups excluding tert-OH is 1. The lowest BCUT2D eigenvalue weighted by atomic mass is 9.93. The summed E-state index contributed by atoms with van der Waals surface area (Å²) < 4.78 is 0. The molecule has 0 aliphatic carbocycles. The van der Waals surface area contributed by atoms with Crippen LogP contribution in [-0.2, 0) is 6.42 Å². The number of carbonyl (C=O) groups excluding carboxylic acids is 1. The first-order chi connectivity index (χ1) is 11.7. The average Bonchev–Trinajstić information content (AvgIpc) is 2.62. The molecule has 2 aliphatic rings. The highest BCUT2D eigenvalue weighted by Gasteiger charge is 2.31. The van der Waals surface area contributed by atoms with Crippen LogP contribution in [0.1, 0.15) is 43.4 Å². The van der Waals surface area contributed by atoms with Gasteiger partial charge in [0.05, 0.1) is 12.6 Å². The van der Waals surface area contributed by atoms with E-state index < -0.39 is 0 Å². The molecule has 5 nitrogen and oxygen atoms in total. The molecule has 0 saturated carbocycles. The van der Waals surface area contributed by atoms with Crippen LogP contribution in [0.15, 0.2) is 24.3 Å². The van der Waals surface area contributed by atoms with Gasteiger partial charge in [-0.2, -0.15) is 0 Å². The fraction of sp³-hybridized carbons (Fsp3) is 0.632. The van der Waals surface area contributed by atoms with Gasteiger partial charge in [-0.3, -0.25) is 0 Å². The standard InChI is InChI=1S/C19H29N3O2/c1-2-10-21-11-8-16(9-12-21)20-19(24)22-13-7-15-5-3-4-6-17(15)18(22)14-23/h3-6,16,18,23H,2,7-14H2,1H3,(H,20,24). The molecule has 132 valence electrons. The van der Waals surface area contributed by atoms with E-state index in [1.54, 1.807) is 4.90 Å². The monoisotopic (exact) mass is 331 g/mol. The van der Waals surface area contributed by atoms with Crippen LogP contribution < -0.4 is 5.32 Å². The van der Waals surface area contributed by atoms with Gasteiger partial charge in [0.15, 0.2) is 0 Å². The molecule has 0 aromatic heterocycles. The van der Waals surface area contributed by atoms with Crippen molar-refractivity contribution in [3.05, 3.63) is 35.4 Å². The molecule has 24 heavy (non-hydrogen) atoms. The summed E-state index contributed by atoms with van der Waals surface area (Å²) in [5.74, 6) is 0. The van der Waals surface area contributed by atoms with Crippen molar-refractivity contribution < 1.29 is 9.90 Å². The van der Waals surface area contributed by atoms with Gasteiger partial charge >= 0.3 is 6.03 Å². The summed E-state index contributed by atoms with van der Waals surface area (Å²) in [7, 11) is 0. The average molecular weight is 331 g/mol. The van der Waals surface area contributed by atoms with E-state index in [0.717, 1.165) is 44.5 Å². The van der Waals surface area contributed by atoms with Crippen LogP contribution in [0, 0.1) is 0 Å². The van der Waals surface area contributed by atoms with Gasteiger partial charge in [-0.25, -0.2) is 4.79 Å². The van der Waals surface area contributed by atoms with Crippen molar-refractivity contribution >= 4 is 6.03 Å². The highest BCUT2D eigenvalue weighted by atomic mass is 16.3. The molecule has 1 atom stereocenters. The van der Waals surface area contributed by atoms with E-state index in [1.807, 2.05) is 18.2 Å². The second kappa shape index (κ2) is 7.99. The number of benzene rings is 1. The predicted octanol–water partition coefficient (Wildman–Crippen LogP) is 2.16. The lowest BCUT2D eigenvalue weighted by Gasteiger charge is -2.38. The number of rotatable bonds is 4. The normalized spacial score (nSPS) is 22.2. The van der Waals surface area contributed by atoms with Gasteiger partial charge in [-0.15, -0.1) is 0 Å². The Morgan fingerprint density at radius 1 is 1.25 bits per heavy atom. The van der Waals surface area contributed by atoms with E-state index in [1.165, 1.54) is 12.0 Å². The molecule has 3 rings (SSSR count). The van der Waals surface area contributed by atoms with Crippen molar-refractivity contribution in [2.75, 3.05) is 32.8 Å². The van der Waals surface area contributed by atoms with Crippen LogP contribution in [0.2, 0.25) is 0 Å². The first kappa shape index (κ1) is 17.2. The molecule has 0 bridgehead atoms. The molecule has 0 spiro atoms. The maximum atomic E-state index is 12.7. The molecule has 1 saturated heterocycles. The molecular formula is C19H29N3O2. The molecule has 2 amide bonds. The first-order valence-corrected chi connectivity index (χ1v) is 9.21. The highest BCUT2D eigenvalue weighted by Crippen LogP contribution is 2.29. The van der Waals surface area contributed by atoms with Gasteiger partial charge in [0.2, 0.25) is 0 Å². The van der Waals surface area contributed by atoms with Gasteiger partial charge < -0.3 is 20.2 Å². The zero-order valence-electron chi connectivity index (χ0n) is 14.6. The number of fused-ring (bicyclic) bond motifs is 1. The number of aliphatic hydroxyl groups is 1. The second-order valence-electron chi connectivity index (χ2n) is 6.91. The second-order valence-corrected chi connectivity index (χ2v) is 6.91. The maximum absolute atomic E-state index is 12.7. The third kappa shape index (κ3) is 3.73. The number of nitrogens with zero attached hydrogens (tertiary/aromatic N) is 2.